The molecule has 0 radical (unpaired) electrons. The minimum absolute atomic E-state index is 0.0982. The Bertz CT molecular complexity index is 1150. The van der Waals surface area contributed by atoms with E-state index < -0.39 is 11.6 Å². The van der Waals surface area contributed by atoms with Crippen LogP contribution in [0, 0.1) is 0 Å². The first-order valence-corrected chi connectivity index (χ1v) is 13.7. The van der Waals surface area contributed by atoms with Gasteiger partial charge in [0.05, 0.1) is 5.75 Å². The zero-order valence-electron chi connectivity index (χ0n) is 20.8. The average molecular weight is 544 g/mol. The average Bonchev–Trinajstić information content (AvgIpc) is 2.83. The molecule has 1 atom stereocenters. The summed E-state index contributed by atoms with van der Waals surface area (Å²) in [5.41, 5.74) is 2.46. The predicted octanol–water partition coefficient (Wildman–Crippen LogP) is 6.78. The van der Waals surface area contributed by atoms with Crippen molar-refractivity contribution in [2.24, 2.45) is 0 Å². The van der Waals surface area contributed by atoms with Crippen molar-refractivity contribution in [2.75, 3.05) is 5.75 Å². The van der Waals surface area contributed by atoms with Gasteiger partial charge in [-0.05, 0) is 49.6 Å². The Morgan fingerprint density at radius 3 is 2.11 bits per heavy atom. The summed E-state index contributed by atoms with van der Waals surface area (Å²) in [4.78, 5) is 28.9. The second kappa shape index (κ2) is 13.2. The summed E-state index contributed by atoms with van der Waals surface area (Å²) in [6.45, 7) is 6.18. The van der Waals surface area contributed by atoms with Crippen LogP contribution in [-0.2, 0) is 28.3 Å². The second-order valence-corrected chi connectivity index (χ2v) is 11.5. The molecule has 0 aliphatic heterocycles. The number of carbonyl (C=O) groups is 2. The molecule has 3 aromatic rings. The van der Waals surface area contributed by atoms with Crippen molar-refractivity contribution in [3.63, 3.8) is 0 Å². The molecule has 0 unspecified atom stereocenters. The molecule has 1 N–H and O–H groups in total. The van der Waals surface area contributed by atoms with Crippen LogP contribution in [0.3, 0.4) is 0 Å². The lowest BCUT2D eigenvalue weighted by Crippen LogP contribution is -2.54. The lowest BCUT2D eigenvalue weighted by molar-refractivity contribution is -0.140. The van der Waals surface area contributed by atoms with Crippen molar-refractivity contribution in [3.05, 3.63) is 106 Å². The molecule has 0 bridgehead atoms. The van der Waals surface area contributed by atoms with Crippen LogP contribution in [0.1, 0.15) is 37.5 Å². The fourth-order valence-electron chi connectivity index (χ4n) is 3.76. The standard InChI is InChI=1S/C29H32Cl2N2O2S/c1-29(2,3)32-28(35)26(16-21-10-6-4-7-11-21)33(18-22-12-8-5-9-13-22)27(34)20-36-19-23-14-15-24(30)17-25(23)31/h4-15,17,26H,16,18-20H2,1-3H3,(H,32,35)/t26-/m1/s1. The maximum atomic E-state index is 13.6. The van der Waals surface area contributed by atoms with E-state index in [1.165, 1.54) is 11.8 Å². The highest BCUT2D eigenvalue weighted by Gasteiger charge is 2.32. The molecule has 2 amide bonds. The smallest absolute Gasteiger partial charge is 0.243 e. The second-order valence-electron chi connectivity index (χ2n) is 9.68. The van der Waals surface area contributed by atoms with Crippen molar-refractivity contribution >= 4 is 46.8 Å². The Labute approximate surface area is 228 Å². The number of carbonyl (C=O) groups excluding carboxylic acids is 2. The van der Waals surface area contributed by atoms with E-state index in [1.807, 2.05) is 87.5 Å². The van der Waals surface area contributed by atoms with Crippen LogP contribution in [0.4, 0.5) is 0 Å². The molecule has 7 heteroatoms. The van der Waals surface area contributed by atoms with Crippen molar-refractivity contribution in [1.82, 2.24) is 10.2 Å². The summed E-state index contributed by atoms with van der Waals surface area (Å²) in [6, 6.07) is 24.3. The third-order valence-corrected chi connectivity index (χ3v) is 7.02. The zero-order valence-corrected chi connectivity index (χ0v) is 23.2. The Morgan fingerprint density at radius 1 is 0.917 bits per heavy atom. The predicted molar refractivity (Wildman–Crippen MR) is 151 cm³/mol. The van der Waals surface area contributed by atoms with Gasteiger partial charge in [-0.1, -0.05) is 89.9 Å². The van der Waals surface area contributed by atoms with E-state index in [0.717, 1.165) is 16.7 Å². The van der Waals surface area contributed by atoms with E-state index in [1.54, 1.807) is 17.0 Å². The van der Waals surface area contributed by atoms with Gasteiger partial charge in [0, 0.05) is 34.3 Å². The number of nitrogens with zero attached hydrogens (tertiary/aromatic N) is 1. The van der Waals surface area contributed by atoms with Gasteiger partial charge >= 0.3 is 0 Å². The maximum Gasteiger partial charge on any atom is 0.243 e. The third kappa shape index (κ3) is 8.88. The highest BCUT2D eigenvalue weighted by atomic mass is 35.5. The first-order valence-electron chi connectivity index (χ1n) is 11.8. The number of thioether (sulfide) groups is 1. The van der Waals surface area contributed by atoms with E-state index in [2.05, 4.69) is 5.32 Å². The van der Waals surface area contributed by atoms with Crippen LogP contribution in [0.25, 0.3) is 0 Å². The highest BCUT2D eigenvalue weighted by molar-refractivity contribution is 7.99. The van der Waals surface area contributed by atoms with E-state index in [9.17, 15) is 9.59 Å². The number of halogens is 2. The molecule has 4 nitrogen and oxygen atoms in total. The van der Waals surface area contributed by atoms with Gasteiger partial charge < -0.3 is 10.2 Å². The summed E-state index contributed by atoms with van der Waals surface area (Å²) < 4.78 is 0. The van der Waals surface area contributed by atoms with Crippen molar-refractivity contribution in [3.8, 4) is 0 Å². The quantitative estimate of drug-likeness (QED) is 0.307. The molecule has 36 heavy (non-hydrogen) atoms. The van der Waals surface area contributed by atoms with Gasteiger partial charge in [-0.2, -0.15) is 0 Å². The minimum Gasteiger partial charge on any atom is -0.350 e. The normalized spacial score (nSPS) is 12.1. The summed E-state index contributed by atoms with van der Waals surface area (Å²) in [6.07, 6.45) is 0.426. The monoisotopic (exact) mass is 542 g/mol. The molecule has 0 heterocycles. The molecule has 190 valence electrons. The van der Waals surface area contributed by atoms with Gasteiger partial charge in [-0.25, -0.2) is 0 Å². The molecule has 3 rings (SSSR count). The maximum absolute atomic E-state index is 13.6. The van der Waals surface area contributed by atoms with Gasteiger partial charge in [0.2, 0.25) is 11.8 Å². The Morgan fingerprint density at radius 2 is 1.53 bits per heavy atom. The number of rotatable bonds is 10. The number of hydrogen-bond donors (Lipinski definition) is 1. The molecular formula is C29H32Cl2N2O2S. The van der Waals surface area contributed by atoms with Gasteiger partial charge in [-0.3, -0.25) is 9.59 Å². The number of benzene rings is 3. The van der Waals surface area contributed by atoms with Crippen molar-refractivity contribution in [1.29, 1.82) is 0 Å². The highest BCUT2D eigenvalue weighted by Crippen LogP contribution is 2.25. The zero-order chi connectivity index (χ0) is 26.1. The summed E-state index contributed by atoms with van der Waals surface area (Å²) in [5, 5.41) is 4.24. The number of hydrogen-bond acceptors (Lipinski definition) is 3. The van der Waals surface area contributed by atoms with Gasteiger partial charge in [0.1, 0.15) is 6.04 Å². The molecule has 0 saturated carbocycles. The van der Waals surface area contributed by atoms with E-state index in [-0.39, 0.29) is 17.6 Å². The molecular weight excluding hydrogens is 511 g/mol. The molecule has 3 aromatic carbocycles. The summed E-state index contributed by atoms with van der Waals surface area (Å²) in [7, 11) is 0. The number of amides is 2. The Balaban J connectivity index is 1.85. The summed E-state index contributed by atoms with van der Waals surface area (Å²) in [5.74, 6) is 0.526. The molecule has 0 aromatic heterocycles. The van der Waals surface area contributed by atoms with E-state index in [0.29, 0.717) is 28.8 Å². The molecule has 0 aliphatic carbocycles. The fourth-order valence-corrected chi connectivity index (χ4v) is 5.23. The van der Waals surface area contributed by atoms with Crippen molar-refractivity contribution < 1.29 is 9.59 Å². The topological polar surface area (TPSA) is 49.4 Å². The lowest BCUT2D eigenvalue weighted by Gasteiger charge is -2.34. The SMILES string of the molecule is CC(C)(C)NC(=O)[C@@H](Cc1ccccc1)N(Cc1ccccc1)C(=O)CSCc1ccc(Cl)cc1Cl. The van der Waals surface area contributed by atoms with E-state index in [4.69, 9.17) is 23.2 Å². The fraction of sp³-hybridized carbons (Fsp3) is 0.310. The number of nitrogens with one attached hydrogen (secondary N) is 1. The van der Waals surface area contributed by atoms with Crippen LogP contribution >= 0.6 is 35.0 Å². The van der Waals surface area contributed by atoms with Crippen molar-refractivity contribution in [2.45, 2.75) is 51.1 Å². The lowest BCUT2D eigenvalue weighted by atomic mass is 10.0. The van der Waals surface area contributed by atoms with Gasteiger partial charge in [0.25, 0.3) is 0 Å². The van der Waals surface area contributed by atoms with Crippen LogP contribution in [0.2, 0.25) is 10.0 Å². The van der Waals surface area contributed by atoms with Crippen LogP contribution in [0.15, 0.2) is 78.9 Å². The Hall–Kier alpha value is -2.47. The van der Waals surface area contributed by atoms with Gasteiger partial charge in [0.15, 0.2) is 0 Å². The summed E-state index contributed by atoms with van der Waals surface area (Å²) >= 11 is 13.8. The van der Waals surface area contributed by atoms with Crippen LogP contribution in [-0.4, -0.2) is 34.0 Å². The molecule has 0 spiro atoms. The minimum atomic E-state index is -0.654. The Kier molecular flexibility index (Phi) is 10.3. The van der Waals surface area contributed by atoms with E-state index >= 15 is 0 Å². The van der Waals surface area contributed by atoms with Crippen LogP contribution in [0.5, 0.6) is 0 Å². The first kappa shape index (κ1) is 28.1. The van der Waals surface area contributed by atoms with Crippen LogP contribution < -0.4 is 5.32 Å². The molecule has 0 saturated heterocycles. The first-order chi connectivity index (χ1) is 17.1. The molecule has 0 fully saturated rings. The van der Waals surface area contributed by atoms with Gasteiger partial charge in [-0.15, -0.1) is 11.8 Å². The largest absolute Gasteiger partial charge is 0.350 e. The third-order valence-electron chi connectivity index (χ3n) is 5.46. The molecule has 0 aliphatic rings.